The smallest absolute Gasteiger partial charge is 0.335 e. The third-order valence-corrected chi connectivity index (χ3v) is 3.35. The maximum Gasteiger partial charge on any atom is 0.335 e. The minimum Gasteiger partial charge on any atom is -0.478 e. The minimum absolute atomic E-state index is 0.207. The zero-order valence-corrected chi connectivity index (χ0v) is 10.9. The molecule has 5 heteroatoms. The first kappa shape index (κ1) is 13.7. The van der Waals surface area contributed by atoms with Gasteiger partial charge < -0.3 is 20.9 Å². The number of aromatic carboxylic acids is 1. The lowest BCUT2D eigenvalue weighted by atomic mass is 10.1. The fourth-order valence-corrected chi connectivity index (χ4v) is 2.26. The maximum atomic E-state index is 10.8. The van der Waals surface area contributed by atoms with Gasteiger partial charge in [-0.05, 0) is 43.9 Å². The van der Waals surface area contributed by atoms with Crippen LogP contribution in [0.1, 0.15) is 36.0 Å². The van der Waals surface area contributed by atoms with Crippen LogP contribution in [0.15, 0.2) is 18.2 Å². The van der Waals surface area contributed by atoms with E-state index in [1.807, 2.05) is 0 Å². The number of nitrogens with one attached hydrogen (secondary N) is 1. The number of nitrogens with two attached hydrogens (primary N) is 1. The first-order chi connectivity index (χ1) is 9.16. The fourth-order valence-electron chi connectivity index (χ4n) is 2.26. The molecule has 19 heavy (non-hydrogen) atoms. The molecule has 1 fully saturated rings. The Hall–Kier alpha value is -1.75. The first-order valence-corrected chi connectivity index (χ1v) is 6.65. The van der Waals surface area contributed by atoms with Crippen LogP contribution in [0.25, 0.3) is 0 Å². The highest BCUT2D eigenvalue weighted by Gasteiger charge is 2.13. The number of ether oxygens (including phenoxy) is 1. The van der Waals surface area contributed by atoms with Crippen molar-refractivity contribution in [3.8, 4) is 0 Å². The molecule has 5 nitrogen and oxygen atoms in total. The molecule has 2 rings (SSSR count). The van der Waals surface area contributed by atoms with Gasteiger partial charge >= 0.3 is 5.97 Å². The van der Waals surface area contributed by atoms with Gasteiger partial charge in [0.05, 0.1) is 23.0 Å². The molecule has 0 aromatic heterocycles. The summed E-state index contributed by atoms with van der Waals surface area (Å²) in [6, 6.07) is 4.74. The number of carboxylic acids is 1. The molecule has 104 valence electrons. The summed E-state index contributed by atoms with van der Waals surface area (Å²) in [6.45, 7) is 1.64. The summed E-state index contributed by atoms with van der Waals surface area (Å²) in [5, 5.41) is 12.1. The Bertz CT molecular complexity index is 442. The lowest BCUT2D eigenvalue weighted by molar-refractivity contribution is 0.0134. The number of carboxylic acid groups (broad SMARTS) is 1. The molecule has 1 aromatic carbocycles. The van der Waals surface area contributed by atoms with Gasteiger partial charge in [0.1, 0.15) is 0 Å². The lowest BCUT2D eigenvalue weighted by Crippen LogP contribution is -2.22. The Morgan fingerprint density at radius 1 is 1.47 bits per heavy atom. The highest BCUT2D eigenvalue weighted by atomic mass is 16.5. The van der Waals surface area contributed by atoms with Gasteiger partial charge in [0.2, 0.25) is 0 Å². The summed E-state index contributed by atoms with van der Waals surface area (Å²) in [4.78, 5) is 10.8. The van der Waals surface area contributed by atoms with E-state index in [1.165, 1.54) is 12.5 Å². The van der Waals surface area contributed by atoms with Crippen molar-refractivity contribution in [2.75, 3.05) is 24.2 Å². The van der Waals surface area contributed by atoms with E-state index >= 15 is 0 Å². The van der Waals surface area contributed by atoms with Crippen molar-refractivity contribution in [2.45, 2.75) is 31.8 Å². The van der Waals surface area contributed by atoms with Gasteiger partial charge in [-0.15, -0.1) is 0 Å². The number of hydrogen-bond acceptors (Lipinski definition) is 4. The molecule has 1 saturated heterocycles. The van der Waals surface area contributed by atoms with E-state index < -0.39 is 5.97 Å². The Kier molecular flexibility index (Phi) is 4.63. The molecule has 0 spiro atoms. The number of benzene rings is 1. The summed E-state index contributed by atoms with van der Waals surface area (Å²) in [5.74, 6) is -0.964. The van der Waals surface area contributed by atoms with Crippen LogP contribution >= 0.6 is 0 Å². The molecule has 1 unspecified atom stereocenters. The second kappa shape index (κ2) is 6.43. The average molecular weight is 264 g/mol. The minimum atomic E-state index is -0.964. The first-order valence-electron chi connectivity index (χ1n) is 6.65. The van der Waals surface area contributed by atoms with Crippen molar-refractivity contribution >= 4 is 17.3 Å². The van der Waals surface area contributed by atoms with Gasteiger partial charge in [-0.25, -0.2) is 4.79 Å². The van der Waals surface area contributed by atoms with Crippen LogP contribution in [0.4, 0.5) is 11.4 Å². The summed E-state index contributed by atoms with van der Waals surface area (Å²) in [5.41, 5.74) is 7.27. The van der Waals surface area contributed by atoms with Gasteiger partial charge in [0.15, 0.2) is 0 Å². The van der Waals surface area contributed by atoms with Crippen molar-refractivity contribution in [3.05, 3.63) is 23.8 Å². The zero-order valence-electron chi connectivity index (χ0n) is 10.9. The van der Waals surface area contributed by atoms with Crippen LogP contribution in [0.2, 0.25) is 0 Å². The van der Waals surface area contributed by atoms with Crippen LogP contribution in [0, 0.1) is 0 Å². The fraction of sp³-hybridized carbons (Fsp3) is 0.500. The van der Waals surface area contributed by atoms with Crippen LogP contribution in [0.3, 0.4) is 0 Å². The number of anilines is 2. The second-order valence-corrected chi connectivity index (χ2v) is 4.81. The monoisotopic (exact) mass is 264 g/mol. The second-order valence-electron chi connectivity index (χ2n) is 4.81. The van der Waals surface area contributed by atoms with E-state index in [2.05, 4.69) is 5.32 Å². The highest BCUT2D eigenvalue weighted by Crippen LogP contribution is 2.21. The lowest BCUT2D eigenvalue weighted by Gasteiger charge is -2.22. The number of hydrogen-bond donors (Lipinski definition) is 3. The molecule has 1 aliphatic heterocycles. The summed E-state index contributed by atoms with van der Waals surface area (Å²) >= 11 is 0. The van der Waals surface area contributed by atoms with Crippen LogP contribution < -0.4 is 11.1 Å². The molecular weight excluding hydrogens is 244 g/mol. The SMILES string of the molecule is Nc1cc(C(=O)O)ccc1NCCC1CCCCO1. The number of nitrogen functional groups attached to an aromatic ring is 1. The largest absolute Gasteiger partial charge is 0.478 e. The maximum absolute atomic E-state index is 10.8. The van der Waals surface area contributed by atoms with E-state index in [1.54, 1.807) is 12.1 Å². The standard InChI is InChI=1S/C14H20N2O3/c15-12-9-10(14(17)18)4-5-13(12)16-7-6-11-3-1-2-8-19-11/h4-5,9,11,16H,1-3,6-8,15H2,(H,17,18). The van der Waals surface area contributed by atoms with Crippen LogP contribution in [0.5, 0.6) is 0 Å². The number of carbonyl (C=O) groups is 1. The molecule has 0 bridgehead atoms. The quantitative estimate of drug-likeness (QED) is 0.711. The van der Waals surface area contributed by atoms with E-state index in [9.17, 15) is 4.79 Å². The Morgan fingerprint density at radius 3 is 2.95 bits per heavy atom. The predicted octanol–water partition coefficient (Wildman–Crippen LogP) is 2.34. The van der Waals surface area contributed by atoms with Crippen molar-refractivity contribution < 1.29 is 14.6 Å². The van der Waals surface area contributed by atoms with E-state index in [4.69, 9.17) is 15.6 Å². The van der Waals surface area contributed by atoms with Crippen molar-refractivity contribution in [1.29, 1.82) is 0 Å². The molecule has 1 atom stereocenters. The zero-order chi connectivity index (χ0) is 13.7. The summed E-state index contributed by atoms with van der Waals surface area (Å²) < 4.78 is 5.65. The van der Waals surface area contributed by atoms with Gasteiger partial charge in [-0.2, -0.15) is 0 Å². The number of rotatable bonds is 5. The average Bonchev–Trinajstić information content (AvgIpc) is 2.41. The molecule has 4 N–H and O–H groups in total. The molecule has 0 aliphatic carbocycles. The van der Waals surface area contributed by atoms with Crippen molar-refractivity contribution in [2.24, 2.45) is 0 Å². The van der Waals surface area contributed by atoms with Crippen molar-refractivity contribution in [1.82, 2.24) is 0 Å². The molecule has 0 saturated carbocycles. The molecule has 1 aromatic rings. The highest BCUT2D eigenvalue weighted by molar-refractivity contribution is 5.90. The van der Waals surface area contributed by atoms with Gasteiger partial charge in [0, 0.05) is 13.2 Å². The Balaban J connectivity index is 1.83. The van der Waals surface area contributed by atoms with Crippen LogP contribution in [-0.2, 0) is 4.74 Å². The molecule has 1 heterocycles. The van der Waals surface area contributed by atoms with E-state index in [0.29, 0.717) is 11.8 Å². The molecule has 1 aliphatic rings. The topological polar surface area (TPSA) is 84.6 Å². The molecule has 0 amide bonds. The Morgan fingerprint density at radius 2 is 2.32 bits per heavy atom. The molecular formula is C14H20N2O3. The van der Waals surface area contributed by atoms with E-state index in [0.717, 1.165) is 38.1 Å². The van der Waals surface area contributed by atoms with Gasteiger partial charge in [0.25, 0.3) is 0 Å². The van der Waals surface area contributed by atoms with E-state index in [-0.39, 0.29) is 5.56 Å². The van der Waals surface area contributed by atoms with Gasteiger partial charge in [-0.1, -0.05) is 0 Å². The Labute approximate surface area is 112 Å². The predicted molar refractivity (Wildman–Crippen MR) is 74.5 cm³/mol. The van der Waals surface area contributed by atoms with Crippen molar-refractivity contribution in [3.63, 3.8) is 0 Å². The third kappa shape index (κ3) is 3.86. The van der Waals surface area contributed by atoms with Gasteiger partial charge in [-0.3, -0.25) is 0 Å². The normalized spacial score (nSPS) is 19.1. The summed E-state index contributed by atoms with van der Waals surface area (Å²) in [6.07, 6.45) is 4.80. The third-order valence-electron chi connectivity index (χ3n) is 3.35. The summed E-state index contributed by atoms with van der Waals surface area (Å²) in [7, 11) is 0. The van der Waals surface area contributed by atoms with Crippen LogP contribution in [-0.4, -0.2) is 30.3 Å². The molecule has 0 radical (unpaired) electrons.